The molecular formula is C43H87NO5. The fourth-order valence-electron chi connectivity index (χ4n) is 6.46. The zero-order valence-electron chi connectivity index (χ0n) is 33.5. The number of carbonyl (C=O) groups excluding carboxylic acids is 1. The first-order valence-electron chi connectivity index (χ1n) is 21.8. The van der Waals surface area contributed by atoms with E-state index in [0.717, 1.165) is 32.5 Å². The average molecular weight is 698 g/mol. The van der Waals surface area contributed by atoms with Crippen LogP contribution in [0.25, 0.3) is 0 Å². The minimum atomic E-state index is -0.0871. The molecule has 294 valence electrons. The Morgan fingerprint density at radius 2 is 0.857 bits per heavy atom. The maximum absolute atomic E-state index is 12.1. The predicted molar refractivity (Wildman–Crippen MR) is 211 cm³/mol. The number of amides is 1. The standard InChI is InChI=1S/C43H87NO5/c1-4-6-8-10-12-14-16-18-20-21-22-24-26-28-30-32-36-47-40-42(34-35-44-43(45)41-48-39-38-46-3)49-37-33-31-29-27-25-23-19-17-15-13-11-9-7-5-2/h42H,4-41H2,1-3H3,(H,44,45). The summed E-state index contributed by atoms with van der Waals surface area (Å²) in [6.45, 7) is 8.36. The Balaban J connectivity index is 3.89. The van der Waals surface area contributed by atoms with Crippen LogP contribution in [0.1, 0.15) is 213 Å². The third-order valence-electron chi connectivity index (χ3n) is 9.75. The second-order valence-electron chi connectivity index (χ2n) is 14.7. The zero-order chi connectivity index (χ0) is 35.6. The second kappa shape index (κ2) is 43.5. The number of rotatable bonds is 43. The van der Waals surface area contributed by atoms with E-state index in [1.807, 2.05) is 0 Å². The van der Waals surface area contributed by atoms with Crippen molar-refractivity contribution >= 4 is 5.91 Å². The molecule has 0 fully saturated rings. The Bertz CT molecular complexity index is 619. The van der Waals surface area contributed by atoms with Gasteiger partial charge >= 0.3 is 0 Å². The molecule has 0 saturated heterocycles. The topological polar surface area (TPSA) is 66.0 Å². The lowest BCUT2D eigenvalue weighted by Gasteiger charge is -2.19. The third-order valence-corrected chi connectivity index (χ3v) is 9.75. The number of unbranched alkanes of at least 4 members (excludes halogenated alkanes) is 28. The first kappa shape index (κ1) is 48.3. The summed E-state index contributed by atoms with van der Waals surface area (Å²) >= 11 is 0. The maximum Gasteiger partial charge on any atom is 0.246 e. The van der Waals surface area contributed by atoms with E-state index in [4.69, 9.17) is 18.9 Å². The van der Waals surface area contributed by atoms with E-state index in [1.54, 1.807) is 7.11 Å². The van der Waals surface area contributed by atoms with E-state index in [2.05, 4.69) is 19.2 Å². The Kier molecular flexibility index (Phi) is 42.9. The van der Waals surface area contributed by atoms with Crippen LogP contribution in [0.15, 0.2) is 0 Å². The zero-order valence-corrected chi connectivity index (χ0v) is 33.5. The van der Waals surface area contributed by atoms with Crippen LogP contribution < -0.4 is 5.32 Å². The summed E-state index contributed by atoms with van der Waals surface area (Å²) in [5.41, 5.74) is 0. The van der Waals surface area contributed by atoms with Gasteiger partial charge in [0.2, 0.25) is 5.91 Å². The van der Waals surface area contributed by atoms with E-state index in [-0.39, 0.29) is 18.6 Å². The molecule has 1 unspecified atom stereocenters. The monoisotopic (exact) mass is 698 g/mol. The van der Waals surface area contributed by atoms with Gasteiger partial charge < -0.3 is 24.3 Å². The number of carbonyl (C=O) groups is 1. The van der Waals surface area contributed by atoms with Crippen LogP contribution in [0.4, 0.5) is 0 Å². The third kappa shape index (κ3) is 41.6. The first-order valence-corrected chi connectivity index (χ1v) is 21.8. The highest BCUT2D eigenvalue weighted by molar-refractivity contribution is 5.77. The predicted octanol–water partition coefficient (Wildman–Crippen LogP) is 12.3. The Morgan fingerprint density at radius 1 is 0.469 bits per heavy atom. The average Bonchev–Trinajstić information content (AvgIpc) is 3.11. The summed E-state index contributed by atoms with van der Waals surface area (Å²) in [5, 5.41) is 2.96. The molecule has 0 aromatic rings. The minimum Gasteiger partial charge on any atom is -0.382 e. The van der Waals surface area contributed by atoms with Gasteiger partial charge in [-0.1, -0.05) is 194 Å². The summed E-state index contributed by atoms with van der Waals surface area (Å²) in [6.07, 6.45) is 41.9. The molecule has 1 amide bonds. The van der Waals surface area contributed by atoms with Gasteiger partial charge in [-0.2, -0.15) is 0 Å². The summed E-state index contributed by atoms with van der Waals surface area (Å²) in [5.74, 6) is -0.0871. The fraction of sp³-hybridized carbons (Fsp3) is 0.977. The first-order chi connectivity index (χ1) is 24.2. The summed E-state index contributed by atoms with van der Waals surface area (Å²) in [4.78, 5) is 12.1. The molecule has 49 heavy (non-hydrogen) atoms. The van der Waals surface area contributed by atoms with Gasteiger partial charge in [0, 0.05) is 26.9 Å². The highest BCUT2D eigenvalue weighted by Gasteiger charge is 2.11. The van der Waals surface area contributed by atoms with Crippen LogP contribution >= 0.6 is 0 Å². The Labute approximate surface area is 306 Å². The van der Waals surface area contributed by atoms with Crippen LogP contribution in [0.3, 0.4) is 0 Å². The van der Waals surface area contributed by atoms with Crippen LogP contribution in [0, 0.1) is 0 Å². The lowest BCUT2D eigenvalue weighted by atomic mass is 10.0. The molecule has 0 heterocycles. The number of ether oxygens (including phenoxy) is 4. The van der Waals surface area contributed by atoms with Gasteiger partial charge in [0.15, 0.2) is 0 Å². The molecule has 0 radical (unpaired) electrons. The van der Waals surface area contributed by atoms with Crippen molar-refractivity contribution in [2.45, 2.75) is 219 Å². The molecule has 0 aliphatic rings. The van der Waals surface area contributed by atoms with Gasteiger partial charge in [0.1, 0.15) is 6.61 Å². The number of hydrogen-bond acceptors (Lipinski definition) is 5. The SMILES string of the molecule is CCCCCCCCCCCCCCCCCCOCC(CCNC(=O)COCCOC)OCCCCCCCCCCCCCCCC. The second-order valence-corrected chi connectivity index (χ2v) is 14.7. The van der Waals surface area contributed by atoms with Gasteiger partial charge in [-0.3, -0.25) is 4.79 Å². The highest BCUT2D eigenvalue weighted by atomic mass is 16.5. The van der Waals surface area contributed by atoms with Crippen molar-refractivity contribution < 1.29 is 23.7 Å². The van der Waals surface area contributed by atoms with Gasteiger partial charge in [-0.05, 0) is 19.3 Å². The smallest absolute Gasteiger partial charge is 0.246 e. The van der Waals surface area contributed by atoms with Crippen LogP contribution in [-0.2, 0) is 23.7 Å². The lowest BCUT2D eigenvalue weighted by Crippen LogP contribution is -2.32. The largest absolute Gasteiger partial charge is 0.382 e. The molecule has 6 nitrogen and oxygen atoms in total. The van der Waals surface area contributed by atoms with E-state index in [0.29, 0.717) is 26.4 Å². The van der Waals surface area contributed by atoms with Crippen molar-refractivity contribution in [3.63, 3.8) is 0 Å². The molecule has 1 atom stereocenters. The fourth-order valence-corrected chi connectivity index (χ4v) is 6.46. The molecule has 0 rings (SSSR count). The number of methoxy groups -OCH3 is 1. The quantitative estimate of drug-likeness (QED) is 0.0643. The van der Waals surface area contributed by atoms with Crippen molar-refractivity contribution in [1.29, 1.82) is 0 Å². The summed E-state index contributed by atoms with van der Waals surface area (Å²) in [6, 6.07) is 0. The Hall–Kier alpha value is -0.690. The van der Waals surface area contributed by atoms with Crippen molar-refractivity contribution in [2.75, 3.05) is 53.3 Å². The van der Waals surface area contributed by atoms with E-state index in [9.17, 15) is 4.79 Å². The molecule has 1 N–H and O–H groups in total. The van der Waals surface area contributed by atoms with Crippen LogP contribution in [0.2, 0.25) is 0 Å². The Morgan fingerprint density at radius 3 is 1.27 bits per heavy atom. The molecule has 0 spiro atoms. The summed E-state index contributed by atoms with van der Waals surface area (Å²) < 4.78 is 22.6. The molecule has 0 bridgehead atoms. The lowest BCUT2D eigenvalue weighted by molar-refractivity contribution is -0.126. The number of nitrogens with one attached hydrogen (secondary N) is 1. The van der Waals surface area contributed by atoms with Gasteiger partial charge in [0.25, 0.3) is 0 Å². The highest BCUT2D eigenvalue weighted by Crippen LogP contribution is 2.15. The normalized spacial score (nSPS) is 12.1. The van der Waals surface area contributed by atoms with Crippen molar-refractivity contribution in [3.8, 4) is 0 Å². The molecule has 0 aliphatic carbocycles. The molecule has 0 saturated carbocycles. The minimum absolute atomic E-state index is 0.0257. The molecular weight excluding hydrogens is 610 g/mol. The van der Waals surface area contributed by atoms with Gasteiger partial charge in [-0.15, -0.1) is 0 Å². The van der Waals surface area contributed by atoms with Gasteiger partial charge in [0.05, 0.1) is 25.9 Å². The van der Waals surface area contributed by atoms with Crippen molar-refractivity contribution in [1.82, 2.24) is 5.32 Å². The van der Waals surface area contributed by atoms with Crippen molar-refractivity contribution in [2.24, 2.45) is 0 Å². The number of hydrogen-bond donors (Lipinski definition) is 1. The molecule has 0 aliphatic heterocycles. The van der Waals surface area contributed by atoms with Crippen LogP contribution in [-0.4, -0.2) is 65.3 Å². The maximum atomic E-state index is 12.1. The van der Waals surface area contributed by atoms with E-state index >= 15 is 0 Å². The van der Waals surface area contributed by atoms with Crippen molar-refractivity contribution in [3.05, 3.63) is 0 Å². The molecule has 6 heteroatoms. The van der Waals surface area contributed by atoms with E-state index in [1.165, 1.54) is 180 Å². The van der Waals surface area contributed by atoms with Gasteiger partial charge in [-0.25, -0.2) is 0 Å². The van der Waals surface area contributed by atoms with E-state index < -0.39 is 0 Å². The molecule has 0 aromatic heterocycles. The summed E-state index contributed by atoms with van der Waals surface area (Å²) in [7, 11) is 1.63. The van der Waals surface area contributed by atoms with Crippen LogP contribution in [0.5, 0.6) is 0 Å². The molecule has 0 aromatic carbocycles.